The van der Waals surface area contributed by atoms with Gasteiger partial charge in [0.2, 0.25) is 5.95 Å². The lowest BCUT2D eigenvalue weighted by molar-refractivity contribution is 1.02. The van der Waals surface area contributed by atoms with Crippen LogP contribution in [0.15, 0.2) is 170 Å². The number of aromatic nitrogens is 4. The molecule has 0 amide bonds. The lowest BCUT2D eigenvalue weighted by Gasteiger charge is -2.12. The molecule has 8 aromatic carbocycles. The summed E-state index contributed by atoms with van der Waals surface area (Å²) in [5.41, 5.74) is 8.76. The highest BCUT2D eigenvalue weighted by molar-refractivity contribution is 7.26. The molecule has 0 aliphatic carbocycles. The van der Waals surface area contributed by atoms with Crippen LogP contribution in [0.3, 0.4) is 0 Å². The fourth-order valence-electron chi connectivity index (χ4n) is 8.60. The number of thiophene rings is 1. The Hall–Kier alpha value is -6.82. The van der Waals surface area contributed by atoms with E-state index < -0.39 is 0 Å². The molecule has 0 unspecified atom stereocenters. The Morgan fingerprint density at radius 2 is 0.943 bits per heavy atom. The van der Waals surface area contributed by atoms with E-state index in [0.29, 0.717) is 5.95 Å². The normalized spacial score (nSPS) is 12.2. The van der Waals surface area contributed by atoms with Crippen molar-refractivity contribution in [2.45, 2.75) is 0 Å². The SMILES string of the molecule is c1ccc2c(-c3nc(-n4c5ccccc5c5cc6c(cc54)c4ccccc4n6-c4cccc5ccccc45)nc4c3sc3ccccc34)cccc2c1. The molecule has 0 saturated carbocycles. The second-order valence-electron chi connectivity index (χ2n) is 13.8. The fraction of sp³-hybridized carbons (Fsp3) is 0. The molecule has 0 N–H and O–H groups in total. The van der Waals surface area contributed by atoms with Crippen LogP contribution in [-0.4, -0.2) is 19.1 Å². The van der Waals surface area contributed by atoms with Gasteiger partial charge in [0, 0.05) is 42.6 Å². The predicted molar refractivity (Wildman–Crippen MR) is 224 cm³/mol. The van der Waals surface area contributed by atoms with Gasteiger partial charge in [-0.1, -0.05) is 133 Å². The van der Waals surface area contributed by atoms with E-state index in [0.717, 1.165) is 37.9 Å². The van der Waals surface area contributed by atoms with Crippen LogP contribution < -0.4 is 0 Å². The van der Waals surface area contributed by atoms with Crippen LogP contribution in [0.5, 0.6) is 0 Å². The molecule has 0 bridgehead atoms. The Morgan fingerprint density at radius 3 is 1.70 bits per heavy atom. The zero-order valence-electron chi connectivity index (χ0n) is 28.4. The molecule has 0 aliphatic heterocycles. The minimum absolute atomic E-state index is 0.673. The molecule has 0 atom stereocenters. The van der Waals surface area contributed by atoms with Gasteiger partial charge in [-0.2, -0.15) is 0 Å². The first kappa shape index (κ1) is 28.8. The first-order chi connectivity index (χ1) is 26.3. The standard InChI is InChI=1S/C48H28N4S/c1-3-17-31-29(13-1)15-11-22-35(31)45-47-46(36-21-7-10-26-44(36)53-47)50-48(49-45)52-41-24-9-6-20-34(41)38-27-42-37(28-43(38)52)33-19-5-8-23-40(33)51(42)39-25-12-16-30-14-2-4-18-32(30)39/h1-28H. The van der Waals surface area contributed by atoms with Gasteiger partial charge < -0.3 is 4.57 Å². The van der Waals surface area contributed by atoms with Crippen molar-refractivity contribution >= 4 is 96.8 Å². The molecule has 53 heavy (non-hydrogen) atoms. The number of nitrogens with zero attached hydrogens (tertiary/aromatic N) is 4. The van der Waals surface area contributed by atoms with E-state index >= 15 is 0 Å². The highest BCUT2D eigenvalue weighted by Gasteiger charge is 2.23. The Labute approximate surface area is 307 Å². The summed E-state index contributed by atoms with van der Waals surface area (Å²) in [6, 6.07) is 61.2. The number of para-hydroxylation sites is 2. The molecule has 0 aliphatic rings. The molecule has 5 heteroatoms. The van der Waals surface area contributed by atoms with E-state index in [4.69, 9.17) is 9.97 Å². The summed E-state index contributed by atoms with van der Waals surface area (Å²) in [7, 11) is 0. The second-order valence-corrected chi connectivity index (χ2v) is 14.8. The maximum Gasteiger partial charge on any atom is 0.235 e. The monoisotopic (exact) mass is 692 g/mol. The number of hydrogen-bond acceptors (Lipinski definition) is 3. The lowest BCUT2D eigenvalue weighted by atomic mass is 10.0. The zero-order chi connectivity index (χ0) is 34.6. The first-order valence-corrected chi connectivity index (χ1v) is 18.7. The van der Waals surface area contributed by atoms with E-state index in [1.54, 1.807) is 11.3 Å². The van der Waals surface area contributed by atoms with Gasteiger partial charge >= 0.3 is 0 Å². The Morgan fingerprint density at radius 1 is 0.396 bits per heavy atom. The molecule has 0 fully saturated rings. The smallest absolute Gasteiger partial charge is 0.235 e. The summed E-state index contributed by atoms with van der Waals surface area (Å²) in [5.74, 6) is 0.673. The molecular weight excluding hydrogens is 665 g/mol. The van der Waals surface area contributed by atoms with Crippen molar-refractivity contribution in [2.24, 2.45) is 0 Å². The second kappa shape index (κ2) is 10.8. The van der Waals surface area contributed by atoms with Crippen LogP contribution in [0, 0.1) is 0 Å². The summed E-state index contributed by atoms with van der Waals surface area (Å²) in [5, 5.41) is 10.7. The Kier molecular flexibility index (Phi) is 5.90. The van der Waals surface area contributed by atoms with Gasteiger partial charge in [-0.3, -0.25) is 4.57 Å². The van der Waals surface area contributed by atoms with Crippen molar-refractivity contribution in [2.75, 3.05) is 0 Å². The predicted octanol–water partition coefficient (Wildman–Crippen LogP) is 13.0. The molecule has 246 valence electrons. The van der Waals surface area contributed by atoms with Crippen LogP contribution in [0.4, 0.5) is 0 Å². The summed E-state index contributed by atoms with van der Waals surface area (Å²) >= 11 is 1.77. The lowest BCUT2D eigenvalue weighted by Crippen LogP contribution is -2.03. The number of fused-ring (bicyclic) bond motifs is 11. The van der Waals surface area contributed by atoms with E-state index in [1.165, 1.54) is 64.5 Å². The van der Waals surface area contributed by atoms with E-state index in [-0.39, 0.29) is 0 Å². The van der Waals surface area contributed by atoms with Gasteiger partial charge in [0.05, 0.1) is 43.7 Å². The summed E-state index contributed by atoms with van der Waals surface area (Å²) in [4.78, 5) is 11.0. The van der Waals surface area contributed by atoms with Crippen LogP contribution >= 0.6 is 11.3 Å². The van der Waals surface area contributed by atoms with Crippen molar-refractivity contribution in [1.82, 2.24) is 19.1 Å². The highest BCUT2D eigenvalue weighted by Crippen LogP contribution is 2.43. The molecular formula is C48H28N4S. The van der Waals surface area contributed by atoms with Gasteiger partial charge in [-0.15, -0.1) is 11.3 Å². The van der Waals surface area contributed by atoms with Gasteiger partial charge in [0.25, 0.3) is 0 Å². The van der Waals surface area contributed by atoms with Crippen LogP contribution in [0.1, 0.15) is 0 Å². The Bertz CT molecular complexity index is 3460. The third-order valence-corrected chi connectivity index (χ3v) is 12.1. The minimum atomic E-state index is 0.673. The average molecular weight is 693 g/mol. The maximum atomic E-state index is 5.55. The topological polar surface area (TPSA) is 35.6 Å². The van der Waals surface area contributed by atoms with Crippen molar-refractivity contribution in [3.63, 3.8) is 0 Å². The van der Waals surface area contributed by atoms with Crippen molar-refractivity contribution in [3.05, 3.63) is 170 Å². The largest absolute Gasteiger partial charge is 0.309 e. The maximum absolute atomic E-state index is 5.55. The van der Waals surface area contributed by atoms with Gasteiger partial charge in [-0.05, 0) is 52.6 Å². The van der Waals surface area contributed by atoms with Gasteiger partial charge in [0.15, 0.2) is 0 Å². The molecule has 12 aromatic rings. The molecule has 0 radical (unpaired) electrons. The number of rotatable bonds is 3. The molecule has 4 nitrogen and oxygen atoms in total. The fourth-order valence-corrected chi connectivity index (χ4v) is 9.75. The highest BCUT2D eigenvalue weighted by atomic mass is 32.1. The quantitative estimate of drug-likeness (QED) is 0.185. The van der Waals surface area contributed by atoms with Gasteiger partial charge in [-0.25, -0.2) is 9.97 Å². The van der Waals surface area contributed by atoms with Crippen molar-refractivity contribution in [3.8, 4) is 22.9 Å². The summed E-state index contributed by atoms with van der Waals surface area (Å²) in [6.07, 6.45) is 0. The summed E-state index contributed by atoms with van der Waals surface area (Å²) in [6.45, 7) is 0. The number of benzene rings is 8. The molecule has 0 spiro atoms. The number of hydrogen-bond donors (Lipinski definition) is 0. The third-order valence-electron chi connectivity index (χ3n) is 10.9. The molecule has 4 heterocycles. The molecule has 12 rings (SSSR count). The van der Waals surface area contributed by atoms with Gasteiger partial charge in [0.1, 0.15) is 0 Å². The van der Waals surface area contributed by atoms with Crippen molar-refractivity contribution in [1.29, 1.82) is 0 Å². The molecule has 4 aromatic heterocycles. The van der Waals surface area contributed by atoms with E-state index in [9.17, 15) is 0 Å². The van der Waals surface area contributed by atoms with Crippen LogP contribution in [0.2, 0.25) is 0 Å². The van der Waals surface area contributed by atoms with E-state index in [2.05, 4.69) is 179 Å². The van der Waals surface area contributed by atoms with Crippen LogP contribution in [0.25, 0.3) is 108 Å². The summed E-state index contributed by atoms with van der Waals surface area (Å²) < 4.78 is 7.04. The van der Waals surface area contributed by atoms with E-state index in [1.807, 2.05) is 0 Å². The van der Waals surface area contributed by atoms with Crippen LogP contribution in [-0.2, 0) is 0 Å². The Balaban J connectivity index is 1.22. The zero-order valence-corrected chi connectivity index (χ0v) is 29.2. The third kappa shape index (κ3) is 4.05. The van der Waals surface area contributed by atoms with Crippen molar-refractivity contribution < 1.29 is 0 Å². The average Bonchev–Trinajstić information content (AvgIpc) is 3.86. The molecule has 0 saturated heterocycles. The first-order valence-electron chi connectivity index (χ1n) is 17.9. The minimum Gasteiger partial charge on any atom is -0.309 e.